The minimum Gasteiger partial charge on any atom is -0.352 e. The fraction of sp³-hybridized carbons (Fsp3) is 0.400. The van der Waals surface area contributed by atoms with E-state index in [1.165, 1.54) is 9.21 Å². The third-order valence-corrected chi connectivity index (χ3v) is 7.42. The molecule has 7 nitrogen and oxygen atoms in total. The lowest BCUT2D eigenvalue weighted by Crippen LogP contribution is -2.39. The fourth-order valence-electron chi connectivity index (χ4n) is 3.75. The minimum absolute atomic E-state index is 0.0682. The monoisotopic (exact) mass is 401 g/mol. The summed E-state index contributed by atoms with van der Waals surface area (Å²) in [6.07, 6.45) is 1.95. The summed E-state index contributed by atoms with van der Waals surface area (Å²) in [5, 5.41) is 4.00. The standard InChI is InChI=1S/C20H23N3O4S/c1-3-22(4-2)28(26,27)17-11-10-16-19-14(17)6-5-7-15(19)20(25)23(16)12-18(24)21-13-8-9-13/h5-7,10-11,13H,3-4,8-9,12H2,1-2H3,(H,21,24). The number of amides is 2. The number of benzene rings is 2. The summed E-state index contributed by atoms with van der Waals surface area (Å²) in [6, 6.07) is 8.49. The van der Waals surface area contributed by atoms with Gasteiger partial charge in [0.15, 0.2) is 0 Å². The number of nitrogens with zero attached hydrogens (tertiary/aromatic N) is 2. The topological polar surface area (TPSA) is 86.8 Å². The molecule has 2 aromatic rings. The van der Waals surface area contributed by atoms with Crippen molar-refractivity contribution in [3.63, 3.8) is 0 Å². The van der Waals surface area contributed by atoms with Gasteiger partial charge >= 0.3 is 0 Å². The van der Waals surface area contributed by atoms with E-state index in [4.69, 9.17) is 0 Å². The van der Waals surface area contributed by atoms with Gasteiger partial charge < -0.3 is 5.32 Å². The van der Waals surface area contributed by atoms with E-state index in [9.17, 15) is 18.0 Å². The molecule has 1 aliphatic heterocycles. The molecule has 1 saturated carbocycles. The van der Waals surface area contributed by atoms with Crippen LogP contribution < -0.4 is 10.2 Å². The molecule has 28 heavy (non-hydrogen) atoms. The van der Waals surface area contributed by atoms with E-state index >= 15 is 0 Å². The molecule has 2 aliphatic rings. The van der Waals surface area contributed by atoms with E-state index < -0.39 is 10.0 Å². The molecule has 0 unspecified atom stereocenters. The van der Waals surface area contributed by atoms with Gasteiger partial charge in [0.05, 0.1) is 10.6 Å². The molecular formula is C20H23N3O4S. The van der Waals surface area contributed by atoms with Crippen LogP contribution >= 0.6 is 0 Å². The second-order valence-corrected chi connectivity index (χ2v) is 9.04. The van der Waals surface area contributed by atoms with Crippen LogP contribution in [0.3, 0.4) is 0 Å². The van der Waals surface area contributed by atoms with E-state index in [0.717, 1.165) is 12.8 Å². The normalized spacial score (nSPS) is 16.2. The van der Waals surface area contributed by atoms with Crippen molar-refractivity contribution in [1.29, 1.82) is 0 Å². The zero-order valence-electron chi connectivity index (χ0n) is 15.9. The minimum atomic E-state index is -3.67. The van der Waals surface area contributed by atoms with Crippen LogP contribution in [0.15, 0.2) is 35.2 Å². The number of sulfonamides is 1. The average Bonchev–Trinajstić information content (AvgIpc) is 3.44. The second-order valence-electron chi connectivity index (χ2n) is 7.13. The summed E-state index contributed by atoms with van der Waals surface area (Å²) in [6.45, 7) is 4.26. The van der Waals surface area contributed by atoms with E-state index in [1.807, 2.05) is 0 Å². The Labute approximate surface area is 164 Å². The maximum absolute atomic E-state index is 13.1. The van der Waals surface area contributed by atoms with Crippen LogP contribution in [-0.4, -0.2) is 50.2 Å². The molecule has 1 aliphatic carbocycles. The van der Waals surface area contributed by atoms with Gasteiger partial charge in [-0.1, -0.05) is 26.0 Å². The molecule has 0 radical (unpaired) electrons. The quantitative estimate of drug-likeness (QED) is 0.770. The molecule has 0 bridgehead atoms. The Morgan fingerprint density at radius 1 is 1.18 bits per heavy atom. The van der Waals surface area contributed by atoms with Crippen molar-refractivity contribution in [2.24, 2.45) is 0 Å². The first-order valence-corrected chi connectivity index (χ1v) is 11.0. The highest BCUT2D eigenvalue weighted by molar-refractivity contribution is 7.89. The predicted octanol–water partition coefficient (Wildman–Crippen LogP) is 2.11. The van der Waals surface area contributed by atoms with Crippen LogP contribution in [0.2, 0.25) is 0 Å². The van der Waals surface area contributed by atoms with Gasteiger partial charge in [0, 0.05) is 35.5 Å². The lowest BCUT2D eigenvalue weighted by Gasteiger charge is -2.21. The molecule has 1 fully saturated rings. The van der Waals surface area contributed by atoms with E-state index in [0.29, 0.717) is 35.1 Å². The molecule has 0 spiro atoms. The Bertz CT molecular complexity index is 1070. The summed E-state index contributed by atoms with van der Waals surface area (Å²) in [5.41, 5.74) is 1.02. The number of rotatable bonds is 7. The second kappa shape index (κ2) is 6.86. The maximum atomic E-state index is 13.1. The third kappa shape index (κ3) is 2.97. The van der Waals surface area contributed by atoms with E-state index in [2.05, 4.69) is 5.32 Å². The van der Waals surface area contributed by atoms with E-state index in [1.54, 1.807) is 44.2 Å². The summed E-state index contributed by atoms with van der Waals surface area (Å²) in [7, 11) is -3.67. The van der Waals surface area contributed by atoms with Gasteiger partial charge in [-0.2, -0.15) is 4.31 Å². The maximum Gasteiger partial charge on any atom is 0.259 e. The van der Waals surface area contributed by atoms with E-state index in [-0.39, 0.29) is 29.3 Å². The SMILES string of the molecule is CCN(CC)S(=O)(=O)c1ccc2c3c(cccc13)C(=O)N2CC(=O)NC1CC1. The first kappa shape index (κ1) is 18.9. The Morgan fingerprint density at radius 3 is 2.54 bits per heavy atom. The summed E-state index contributed by atoms with van der Waals surface area (Å²) < 4.78 is 27.6. The van der Waals surface area contributed by atoms with Gasteiger partial charge in [-0.3, -0.25) is 14.5 Å². The number of carbonyl (C=O) groups is 2. The lowest BCUT2D eigenvalue weighted by atomic mass is 10.1. The van der Waals surface area contributed by atoms with Crippen LogP contribution in [0.1, 0.15) is 37.0 Å². The molecule has 1 N–H and O–H groups in total. The van der Waals surface area contributed by atoms with Crippen LogP contribution in [0, 0.1) is 0 Å². The van der Waals surface area contributed by atoms with Crippen molar-refractivity contribution in [1.82, 2.24) is 9.62 Å². The summed E-state index contributed by atoms with van der Waals surface area (Å²) >= 11 is 0. The Morgan fingerprint density at radius 2 is 1.89 bits per heavy atom. The van der Waals surface area contributed by atoms with Gasteiger partial charge in [-0.05, 0) is 31.0 Å². The molecule has 148 valence electrons. The molecule has 2 aromatic carbocycles. The van der Waals surface area contributed by atoms with Crippen LogP contribution in [0.25, 0.3) is 10.8 Å². The molecule has 2 amide bonds. The Hall–Kier alpha value is -2.45. The molecular weight excluding hydrogens is 378 g/mol. The lowest BCUT2D eigenvalue weighted by molar-refractivity contribution is -0.119. The largest absolute Gasteiger partial charge is 0.352 e. The molecule has 0 aromatic heterocycles. The highest BCUT2D eigenvalue weighted by Gasteiger charge is 2.35. The number of anilines is 1. The summed E-state index contributed by atoms with van der Waals surface area (Å²) in [4.78, 5) is 26.8. The predicted molar refractivity (Wildman–Crippen MR) is 107 cm³/mol. The van der Waals surface area contributed by atoms with Crippen LogP contribution in [0.5, 0.6) is 0 Å². The molecule has 0 atom stereocenters. The summed E-state index contributed by atoms with van der Waals surface area (Å²) in [5.74, 6) is -0.472. The van der Waals surface area contributed by atoms with Gasteiger partial charge in [0.2, 0.25) is 15.9 Å². The molecule has 0 saturated heterocycles. The average molecular weight is 401 g/mol. The Balaban J connectivity index is 1.79. The molecule has 8 heteroatoms. The number of nitrogens with one attached hydrogen (secondary N) is 1. The zero-order chi connectivity index (χ0) is 20.1. The smallest absolute Gasteiger partial charge is 0.259 e. The van der Waals surface area contributed by atoms with Gasteiger partial charge in [0.25, 0.3) is 5.91 Å². The fourth-order valence-corrected chi connectivity index (χ4v) is 5.39. The first-order chi connectivity index (χ1) is 13.4. The number of hydrogen-bond acceptors (Lipinski definition) is 4. The van der Waals surface area contributed by atoms with Crippen molar-refractivity contribution < 1.29 is 18.0 Å². The van der Waals surface area contributed by atoms with Crippen molar-refractivity contribution in [3.05, 3.63) is 35.9 Å². The van der Waals surface area contributed by atoms with Crippen molar-refractivity contribution >= 4 is 38.3 Å². The highest BCUT2D eigenvalue weighted by atomic mass is 32.2. The van der Waals surface area contributed by atoms with Gasteiger partial charge in [-0.15, -0.1) is 0 Å². The first-order valence-electron chi connectivity index (χ1n) is 9.55. The van der Waals surface area contributed by atoms with Crippen LogP contribution in [-0.2, 0) is 14.8 Å². The Kier molecular flexibility index (Phi) is 4.63. The number of hydrogen-bond donors (Lipinski definition) is 1. The van der Waals surface area contributed by atoms with Crippen molar-refractivity contribution in [2.75, 3.05) is 24.5 Å². The number of carbonyl (C=O) groups excluding carboxylic acids is 2. The third-order valence-electron chi connectivity index (χ3n) is 5.31. The van der Waals surface area contributed by atoms with Crippen LogP contribution in [0.4, 0.5) is 5.69 Å². The molecule has 4 rings (SSSR count). The zero-order valence-corrected chi connectivity index (χ0v) is 16.8. The van der Waals surface area contributed by atoms with Crippen molar-refractivity contribution in [3.8, 4) is 0 Å². The molecule has 1 heterocycles. The van der Waals surface area contributed by atoms with Crippen molar-refractivity contribution in [2.45, 2.75) is 37.6 Å². The van der Waals surface area contributed by atoms with Gasteiger partial charge in [-0.25, -0.2) is 8.42 Å². The van der Waals surface area contributed by atoms with Gasteiger partial charge in [0.1, 0.15) is 6.54 Å². The highest BCUT2D eigenvalue weighted by Crippen LogP contribution is 2.40.